The number of nitrogens with one attached hydrogen (secondary N) is 3. The summed E-state index contributed by atoms with van der Waals surface area (Å²) in [6.45, 7) is 5.14. The number of aromatic amines is 1. The van der Waals surface area contributed by atoms with Crippen LogP contribution in [0.2, 0.25) is 0 Å². The quantitative estimate of drug-likeness (QED) is 0.763. The summed E-state index contributed by atoms with van der Waals surface area (Å²) in [6, 6.07) is 0.431. The fourth-order valence-corrected chi connectivity index (χ4v) is 2.50. The van der Waals surface area contributed by atoms with E-state index in [1.54, 1.807) is 6.33 Å². The second-order valence-electron chi connectivity index (χ2n) is 5.32. The largest absolute Gasteiger partial charge is 0.364 e. The highest BCUT2D eigenvalue weighted by atomic mass is 15.2. The summed E-state index contributed by atoms with van der Waals surface area (Å²) in [6.07, 6.45) is 3.83. The van der Waals surface area contributed by atoms with Gasteiger partial charge in [0, 0.05) is 19.1 Å². The van der Waals surface area contributed by atoms with Crippen LogP contribution in [0, 0.1) is 0 Å². The molecule has 1 saturated heterocycles. The van der Waals surface area contributed by atoms with E-state index in [4.69, 9.17) is 0 Å². The molecule has 1 aliphatic rings. The Hall–Kier alpha value is -1.89. The van der Waals surface area contributed by atoms with Gasteiger partial charge in [-0.2, -0.15) is 9.97 Å². The van der Waals surface area contributed by atoms with Gasteiger partial charge in [-0.25, -0.2) is 4.98 Å². The fraction of sp³-hybridized carbons (Fsp3) is 0.615. The molecule has 1 atom stereocenters. The molecule has 0 aromatic carbocycles. The molecule has 3 heterocycles. The molecule has 3 rings (SSSR count). The lowest BCUT2D eigenvalue weighted by atomic mass is 10.2. The molecule has 1 aliphatic heterocycles. The first-order chi connectivity index (χ1) is 9.76. The third kappa shape index (κ3) is 2.67. The van der Waals surface area contributed by atoms with Gasteiger partial charge in [0.2, 0.25) is 5.95 Å². The number of aromatic nitrogens is 4. The van der Waals surface area contributed by atoms with Gasteiger partial charge in [0.15, 0.2) is 11.5 Å². The normalized spacial score (nSPS) is 19.6. The lowest BCUT2D eigenvalue weighted by molar-refractivity contribution is 0.414. The van der Waals surface area contributed by atoms with E-state index in [1.807, 2.05) is 0 Å². The summed E-state index contributed by atoms with van der Waals surface area (Å²) in [5.74, 6) is 1.48. The molecular weight excluding hydrogens is 254 g/mol. The smallest absolute Gasteiger partial charge is 0.226 e. The van der Waals surface area contributed by atoms with Crippen molar-refractivity contribution in [3.05, 3.63) is 6.33 Å². The third-order valence-corrected chi connectivity index (χ3v) is 3.55. The first kappa shape index (κ1) is 13.1. The van der Waals surface area contributed by atoms with Gasteiger partial charge in [-0.05, 0) is 26.4 Å². The topological polar surface area (TPSA) is 81.8 Å². The summed E-state index contributed by atoms with van der Waals surface area (Å²) in [5.41, 5.74) is 1.58. The Morgan fingerprint density at radius 2 is 2.35 bits per heavy atom. The maximum atomic E-state index is 4.58. The molecule has 2 aromatic heterocycles. The van der Waals surface area contributed by atoms with Crippen LogP contribution in [0.3, 0.4) is 0 Å². The number of likely N-dealkylation sites (N-methyl/N-ethyl adjacent to an activating group) is 1. The number of likely N-dealkylation sites (tertiary alicyclic amines) is 1. The summed E-state index contributed by atoms with van der Waals surface area (Å²) in [5, 5.41) is 6.74. The van der Waals surface area contributed by atoms with Gasteiger partial charge in [-0.15, -0.1) is 0 Å². The predicted molar refractivity (Wildman–Crippen MR) is 80.0 cm³/mol. The highest BCUT2D eigenvalue weighted by Gasteiger charge is 2.21. The molecule has 1 fully saturated rings. The lowest BCUT2D eigenvalue weighted by Crippen LogP contribution is -2.24. The number of H-pyrrole nitrogens is 1. The standard InChI is InChI=1S/C13H21N7/c1-3-5-14-13-18-11-10(15-8-16-11)12(19-13)17-9-4-6-20(2)7-9/h8-9H,3-7H2,1-2H3,(H3,14,15,16,17,18,19). The number of hydrogen-bond donors (Lipinski definition) is 3. The SMILES string of the molecule is CCCNc1nc(NC2CCN(C)C2)c2[nH]cnc2n1. The third-order valence-electron chi connectivity index (χ3n) is 3.55. The molecule has 3 N–H and O–H groups in total. The Labute approximate surface area is 118 Å². The Morgan fingerprint density at radius 1 is 1.45 bits per heavy atom. The van der Waals surface area contributed by atoms with Gasteiger partial charge in [0.25, 0.3) is 0 Å². The Bertz CT molecular complexity index is 579. The fourth-order valence-electron chi connectivity index (χ4n) is 2.50. The van der Waals surface area contributed by atoms with Crippen LogP contribution in [-0.2, 0) is 0 Å². The maximum absolute atomic E-state index is 4.58. The van der Waals surface area contributed by atoms with Crippen molar-refractivity contribution in [2.24, 2.45) is 0 Å². The molecule has 0 spiro atoms. The highest BCUT2D eigenvalue weighted by molar-refractivity contribution is 5.83. The van der Waals surface area contributed by atoms with Crippen LogP contribution >= 0.6 is 0 Å². The maximum Gasteiger partial charge on any atom is 0.226 e. The van der Waals surface area contributed by atoms with E-state index in [0.717, 1.165) is 43.8 Å². The molecule has 108 valence electrons. The predicted octanol–water partition coefficient (Wildman–Crippen LogP) is 1.29. The lowest BCUT2D eigenvalue weighted by Gasteiger charge is -2.14. The van der Waals surface area contributed by atoms with Crippen molar-refractivity contribution >= 4 is 22.9 Å². The zero-order valence-electron chi connectivity index (χ0n) is 12.0. The van der Waals surface area contributed by atoms with Gasteiger partial charge < -0.3 is 20.5 Å². The minimum absolute atomic E-state index is 0.431. The summed E-state index contributed by atoms with van der Waals surface area (Å²) >= 11 is 0. The van der Waals surface area contributed by atoms with Gasteiger partial charge in [0.1, 0.15) is 5.52 Å². The van der Waals surface area contributed by atoms with Crippen LogP contribution in [0.25, 0.3) is 11.2 Å². The van der Waals surface area contributed by atoms with Crippen molar-refractivity contribution in [3.8, 4) is 0 Å². The van der Waals surface area contributed by atoms with Crippen molar-refractivity contribution < 1.29 is 0 Å². The Balaban J connectivity index is 1.85. The van der Waals surface area contributed by atoms with Crippen molar-refractivity contribution in [3.63, 3.8) is 0 Å². The van der Waals surface area contributed by atoms with E-state index in [1.165, 1.54) is 0 Å². The number of hydrogen-bond acceptors (Lipinski definition) is 6. The number of rotatable bonds is 5. The van der Waals surface area contributed by atoms with Gasteiger partial charge in [-0.3, -0.25) is 0 Å². The zero-order valence-corrected chi connectivity index (χ0v) is 12.0. The highest BCUT2D eigenvalue weighted by Crippen LogP contribution is 2.21. The molecule has 1 unspecified atom stereocenters. The molecule has 0 bridgehead atoms. The van der Waals surface area contributed by atoms with Crippen molar-refractivity contribution in [2.75, 3.05) is 37.3 Å². The molecule has 0 amide bonds. The van der Waals surface area contributed by atoms with Crippen molar-refractivity contribution in [1.29, 1.82) is 0 Å². The monoisotopic (exact) mass is 275 g/mol. The van der Waals surface area contributed by atoms with Crippen LogP contribution in [-0.4, -0.2) is 57.6 Å². The van der Waals surface area contributed by atoms with Gasteiger partial charge >= 0.3 is 0 Å². The number of nitrogens with zero attached hydrogens (tertiary/aromatic N) is 4. The van der Waals surface area contributed by atoms with Gasteiger partial charge in [0.05, 0.1) is 6.33 Å². The van der Waals surface area contributed by atoms with Crippen LogP contribution < -0.4 is 10.6 Å². The summed E-state index contributed by atoms with van der Waals surface area (Å²) in [7, 11) is 2.14. The molecule has 7 nitrogen and oxygen atoms in total. The van der Waals surface area contributed by atoms with E-state index in [0.29, 0.717) is 17.6 Å². The summed E-state index contributed by atoms with van der Waals surface area (Å²) in [4.78, 5) is 18.7. The minimum atomic E-state index is 0.431. The summed E-state index contributed by atoms with van der Waals surface area (Å²) < 4.78 is 0. The molecule has 0 saturated carbocycles. The minimum Gasteiger partial charge on any atom is -0.364 e. The Morgan fingerprint density at radius 3 is 3.10 bits per heavy atom. The molecular formula is C13H21N7. The first-order valence-electron chi connectivity index (χ1n) is 7.16. The molecule has 20 heavy (non-hydrogen) atoms. The number of anilines is 2. The van der Waals surface area contributed by atoms with E-state index in [2.05, 4.69) is 49.4 Å². The van der Waals surface area contributed by atoms with Crippen LogP contribution in [0.1, 0.15) is 19.8 Å². The number of imidazole rings is 1. The van der Waals surface area contributed by atoms with Crippen molar-refractivity contribution in [1.82, 2.24) is 24.8 Å². The van der Waals surface area contributed by atoms with Gasteiger partial charge in [-0.1, -0.05) is 6.92 Å². The average molecular weight is 275 g/mol. The van der Waals surface area contributed by atoms with E-state index in [9.17, 15) is 0 Å². The first-order valence-corrected chi connectivity index (χ1v) is 7.16. The van der Waals surface area contributed by atoms with E-state index >= 15 is 0 Å². The molecule has 0 radical (unpaired) electrons. The van der Waals surface area contributed by atoms with Crippen LogP contribution in [0.5, 0.6) is 0 Å². The van der Waals surface area contributed by atoms with Crippen molar-refractivity contribution in [2.45, 2.75) is 25.8 Å². The molecule has 0 aliphatic carbocycles. The average Bonchev–Trinajstić information content (AvgIpc) is 3.05. The van der Waals surface area contributed by atoms with E-state index < -0.39 is 0 Å². The molecule has 7 heteroatoms. The van der Waals surface area contributed by atoms with Crippen LogP contribution in [0.15, 0.2) is 6.33 Å². The molecule has 2 aromatic rings. The van der Waals surface area contributed by atoms with Crippen LogP contribution in [0.4, 0.5) is 11.8 Å². The van der Waals surface area contributed by atoms with E-state index in [-0.39, 0.29) is 0 Å². The second-order valence-corrected chi connectivity index (χ2v) is 5.32. The number of fused-ring (bicyclic) bond motifs is 1. The second kappa shape index (κ2) is 5.62. The zero-order chi connectivity index (χ0) is 13.9. The Kier molecular flexibility index (Phi) is 3.68.